The number of rotatable bonds is 7. The average molecular weight is 340 g/mol. The van der Waals surface area contributed by atoms with E-state index in [0.29, 0.717) is 17.6 Å². The third-order valence-corrected chi connectivity index (χ3v) is 4.60. The Morgan fingerprint density at radius 3 is 2.86 bits per heavy atom. The predicted molar refractivity (Wildman–Crippen MR) is 84.5 cm³/mol. The van der Waals surface area contributed by atoms with Crippen molar-refractivity contribution >= 4 is 35.0 Å². The van der Waals surface area contributed by atoms with E-state index in [1.54, 1.807) is 18.4 Å². The van der Waals surface area contributed by atoms with Crippen molar-refractivity contribution in [2.75, 3.05) is 6.61 Å². The van der Waals surface area contributed by atoms with Gasteiger partial charge in [0.15, 0.2) is 11.0 Å². The topological polar surface area (TPSA) is 100 Å². The zero-order valence-corrected chi connectivity index (χ0v) is 13.8. The zero-order chi connectivity index (χ0) is 16.1. The number of thiophene rings is 1. The molecule has 2 aromatic rings. The Bertz CT molecular complexity index is 654. The van der Waals surface area contributed by atoms with Crippen LogP contribution < -0.4 is 5.73 Å². The third kappa shape index (κ3) is 3.86. The highest BCUT2D eigenvalue weighted by atomic mass is 32.2. The van der Waals surface area contributed by atoms with Crippen molar-refractivity contribution in [3.8, 4) is 10.7 Å². The minimum absolute atomic E-state index is 0.0435. The Kier molecular flexibility index (Phi) is 5.56. The van der Waals surface area contributed by atoms with E-state index in [0.717, 1.165) is 4.88 Å². The number of hydrogen-bond acceptors (Lipinski definition) is 7. The van der Waals surface area contributed by atoms with Gasteiger partial charge in [0.1, 0.15) is 11.8 Å². The summed E-state index contributed by atoms with van der Waals surface area (Å²) in [4.78, 5) is 23.9. The number of aromatic nitrogens is 3. The van der Waals surface area contributed by atoms with Gasteiger partial charge in [-0.15, -0.1) is 21.5 Å². The van der Waals surface area contributed by atoms with Gasteiger partial charge in [-0.3, -0.25) is 14.2 Å². The lowest BCUT2D eigenvalue weighted by molar-refractivity contribution is -0.142. The average Bonchev–Trinajstić information content (AvgIpc) is 3.09. The molecule has 1 amide bonds. The van der Waals surface area contributed by atoms with Crippen LogP contribution in [0.5, 0.6) is 0 Å². The van der Waals surface area contributed by atoms with Crippen LogP contribution in [0.15, 0.2) is 22.7 Å². The molecule has 0 bridgehead atoms. The fraction of sp³-hybridized carbons (Fsp3) is 0.385. The number of esters is 1. The van der Waals surface area contributed by atoms with E-state index in [9.17, 15) is 9.59 Å². The normalized spacial score (nSPS) is 12.1. The van der Waals surface area contributed by atoms with Crippen molar-refractivity contribution in [1.82, 2.24) is 14.8 Å². The highest BCUT2D eigenvalue weighted by Crippen LogP contribution is 2.29. The molecule has 0 aliphatic carbocycles. The number of ether oxygens (including phenoxy) is 1. The number of hydrogen-bond donors (Lipinski definition) is 1. The standard InChI is InChI=1S/C13H16N4O3S2/c1-3-20-12(19)8(2)22-13-16-15-11(9-5-4-6-21-9)17(13)7-10(14)18/h4-6,8H,3,7H2,1-2H3,(H2,14,18). The second kappa shape index (κ2) is 7.41. The number of nitrogens with zero attached hydrogens (tertiary/aromatic N) is 3. The van der Waals surface area contributed by atoms with Gasteiger partial charge < -0.3 is 10.5 Å². The molecule has 22 heavy (non-hydrogen) atoms. The number of carbonyl (C=O) groups is 2. The molecular formula is C13H16N4O3S2. The maximum absolute atomic E-state index is 11.7. The maximum atomic E-state index is 11.7. The summed E-state index contributed by atoms with van der Waals surface area (Å²) in [5.74, 6) is -0.269. The van der Waals surface area contributed by atoms with Gasteiger partial charge >= 0.3 is 5.97 Å². The second-order valence-corrected chi connectivity index (χ2v) is 6.60. The minimum Gasteiger partial charge on any atom is -0.465 e. The van der Waals surface area contributed by atoms with Crippen molar-refractivity contribution in [3.05, 3.63) is 17.5 Å². The highest BCUT2D eigenvalue weighted by Gasteiger charge is 2.22. The third-order valence-electron chi connectivity index (χ3n) is 2.67. The monoisotopic (exact) mass is 340 g/mol. The Balaban J connectivity index is 2.27. The Hall–Kier alpha value is -1.87. The first kappa shape index (κ1) is 16.5. The van der Waals surface area contributed by atoms with Gasteiger partial charge in [-0.2, -0.15) is 0 Å². The molecular weight excluding hydrogens is 324 g/mol. The van der Waals surface area contributed by atoms with Crippen LogP contribution in [0.25, 0.3) is 10.7 Å². The molecule has 0 radical (unpaired) electrons. The summed E-state index contributed by atoms with van der Waals surface area (Å²) in [6.07, 6.45) is 0. The van der Waals surface area contributed by atoms with Crippen molar-refractivity contribution in [3.63, 3.8) is 0 Å². The first-order valence-corrected chi connectivity index (χ1v) is 8.37. The second-order valence-electron chi connectivity index (χ2n) is 4.35. The molecule has 2 N–H and O–H groups in total. The van der Waals surface area contributed by atoms with E-state index in [-0.39, 0.29) is 12.5 Å². The number of amides is 1. The molecule has 2 rings (SSSR count). The fourth-order valence-electron chi connectivity index (χ4n) is 1.73. The van der Waals surface area contributed by atoms with E-state index in [4.69, 9.17) is 10.5 Å². The van der Waals surface area contributed by atoms with E-state index in [2.05, 4.69) is 10.2 Å². The Labute approximate surface area is 135 Å². The molecule has 0 spiro atoms. The van der Waals surface area contributed by atoms with Crippen molar-refractivity contribution in [2.45, 2.75) is 30.8 Å². The van der Waals surface area contributed by atoms with Crippen LogP contribution in [-0.4, -0.2) is 38.5 Å². The Morgan fingerprint density at radius 2 is 2.27 bits per heavy atom. The van der Waals surface area contributed by atoms with Crippen LogP contribution in [0.3, 0.4) is 0 Å². The molecule has 0 fully saturated rings. The Morgan fingerprint density at radius 1 is 1.50 bits per heavy atom. The van der Waals surface area contributed by atoms with Crippen LogP contribution in [0.4, 0.5) is 0 Å². The van der Waals surface area contributed by atoms with E-state index in [1.807, 2.05) is 17.5 Å². The van der Waals surface area contributed by atoms with Gasteiger partial charge in [0.2, 0.25) is 5.91 Å². The number of carbonyl (C=O) groups excluding carboxylic acids is 2. The first-order chi connectivity index (χ1) is 10.5. The molecule has 0 saturated carbocycles. The molecule has 1 atom stereocenters. The van der Waals surface area contributed by atoms with Crippen LogP contribution in [0.2, 0.25) is 0 Å². The fourth-order valence-corrected chi connectivity index (χ4v) is 3.29. The quantitative estimate of drug-likeness (QED) is 0.606. The lowest BCUT2D eigenvalue weighted by Gasteiger charge is -2.11. The van der Waals surface area contributed by atoms with Gasteiger partial charge in [-0.1, -0.05) is 17.8 Å². The van der Waals surface area contributed by atoms with E-state index < -0.39 is 11.2 Å². The molecule has 0 aliphatic rings. The lowest BCUT2D eigenvalue weighted by atomic mass is 10.4. The zero-order valence-electron chi connectivity index (χ0n) is 12.2. The summed E-state index contributed by atoms with van der Waals surface area (Å²) in [7, 11) is 0. The molecule has 0 saturated heterocycles. The lowest BCUT2D eigenvalue weighted by Crippen LogP contribution is -2.21. The maximum Gasteiger partial charge on any atom is 0.319 e. The van der Waals surface area contributed by atoms with Gasteiger partial charge in [0.05, 0.1) is 11.5 Å². The molecule has 7 nitrogen and oxygen atoms in total. The van der Waals surface area contributed by atoms with Crippen molar-refractivity contribution in [2.24, 2.45) is 5.73 Å². The number of thioether (sulfide) groups is 1. The van der Waals surface area contributed by atoms with Crippen LogP contribution in [0, 0.1) is 0 Å². The first-order valence-electron chi connectivity index (χ1n) is 6.61. The van der Waals surface area contributed by atoms with Crippen LogP contribution >= 0.6 is 23.1 Å². The molecule has 1 unspecified atom stereocenters. The predicted octanol–water partition coefficient (Wildman–Crippen LogP) is 1.54. The van der Waals surface area contributed by atoms with Gasteiger partial charge in [0, 0.05) is 0 Å². The summed E-state index contributed by atoms with van der Waals surface area (Å²) in [6.45, 7) is 3.74. The van der Waals surface area contributed by atoms with Crippen LogP contribution in [-0.2, 0) is 20.9 Å². The van der Waals surface area contributed by atoms with Crippen molar-refractivity contribution in [1.29, 1.82) is 0 Å². The summed E-state index contributed by atoms with van der Waals surface area (Å²) < 4.78 is 6.59. The molecule has 118 valence electrons. The largest absolute Gasteiger partial charge is 0.465 e. The molecule has 0 aromatic carbocycles. The number of primary amides is 1. The molecule has 2 aromatic heterocycles. The summed E-state index contributed by atoms with van der Waals surface area (Å²) >= 11 is 2.68. The summed E-state index contributed by atoms with van der Waals surface area (Å²) in [5, 5.41) is 10.1. The highest BCUT2D eigenvalue weighted by molar-refractivity contribution is 8.00. The van der Waals surface area contributed by atoms with E-state index in [1.165, 1.54) is 23.1 Å². The molecule has 2 heterocycles. The van der Waals surface area contributed by atoms with E-state index >= 15 is 0 Å². The van der Waals surface area contributed by atoms with Gasteiger partial charge in [-0.25, -0.2) is 0 Å². The summed E-state index contributed by atoms with van der Waals surface area (Å²) in [6, 6.07) is 3.77. The van der Waals surface area contributed by atoms with Gasteiger partial charge in [0.25, 0.3) is 0 Å². The number of nitrogens with two attached hydrogens (primary N) is 1. The minimum atomic E-state index is -0.497. The van der Waals surface area contributed by atoms with Gasteiger partial charge in [-0.05, 0) is 25.3 Å². The van der Waals surface area contributed by atoms with Crippen LogP contribution in [0.1, 0.15) is 13.8 Å². The summed E-state index contributed by atoms with van der Waals surface area (Å²) in [5.41, 5.74) is 5.30. The van der Waals surface area contributed by atoms with Crippen molar-refractivity contribution < 1.29 is 14.3 Å². The smallest absolute Gasteiger partial charge is 0.319 e. The SMILES string of the molecule is CCOC(=O)C(C)Sc1nnc(-c2cccs2)n1CC(N)=O. The molecule has 0 aliphatic heterocycles. The molecule has 9 heteroatoms.